The van der Waals surface area contributed by atoms with Crippen LogP contribution in [0.2, 0.25) is 0 Å². The van der Waals surface area contributed by atoms with Crippen molar-refractivity contribution in [2.75, 3.05) is 13.6 Å². The molecule has 1 aliphatic rings. The molecule has 1 saturated carbocycles. The lowest BCUT2D eigenvalue weighted by Crippen LogP contribution is -2.39. The van der Waals surface area contributed by atoms with Gasteiger partial charge in [-0.05, 0) is 12.8 Å². The Hall–Kier alpha value is -1.41. The summed E-state index contributed by atoms with van der Waals surface area (Å²) in [6, 6.07) is 0.215. The normalized spacial score (nSPS) is 16.2. The van der Waals surface area contributed by atoms with Gasteiger partial charge in [0.15, 0.2) is 0 Å². The van der Waals surface area contributed by atoms with Crippen molar-refractivity contribution in [2.24, 2.45) is 0 Å². The minimum absolute atomic E-state index is 0.122. The summed E-state index contributed by atoms with van der Waals surface area (Å²) in [5.74, 6) is -0.274. The van der Waals surface area contributed by atoms with E-state index in [1.165, 1.54) is 13.2 Å². The van der Waals surface area contributed by atoms with Gasteiger partial charge in [-0.15, -0.1) is 0 Å². The lowest BCUT2D eigenvalue weighted by molar-refractivity contribution is -0.121. The molecule has 1 aromatic heterocycles. The topological polar surface area (TPSA) is 95.2 Å². The Bertz CT molecular complexity index is 626. The van der Waals surface area contributed by atoms with Crippen molar-refractivity contribution in [3.05, 3.63) is 11.9 Å². The van der Waals surface area contributed by atoms with Crippen LogP contribution in [-0.4, -0.2) is 48.5 Å². The van der Waals surface area contributed by atoms with Gasteiger partial charge in [0.05, 0.1) is 18.4 Å². The number of hydrogen-bond donors (Lipinski definition) is 2. The summed E-state index contributed by atoms with van der Waals surface area (Å²) in [6.07, 6.45) is 3.24. The van der Waals surface area contributed by atoms with Crippen LogP contribution in [0, 0.1) is 0 Å². The van der Waals surface area contributed by atoms with Crippen molar-refractivity contribution in [1.82, 2.24) is 19.8 Å². The van der Waals surface area contributed by atoms with Crippen molar-refractivity contribution < 1.29 is 13.2 Å². The van der Waals surface area contributed by atoms with E-state index in [1.54, 1.807) is 0 Å². The average molecular weight is 314 g/mol. The Labute approximate surface area is 125 Å². The zero-order valence-electron chi connectivity index (χ0n) is 12.8. The lowest BCUT2D eigenvalue weighted by atomic mass is 9.92. The third-order valence-corrected chi connectivity index (χ3v) is 5.17. The third kappa shape index (κ3) is 3.62. The molecule has 0 saturated heterocycles. The molecule has 118 valence electrons. The molecule has 0 atom stereocenters. The molecule has 2 N–H and O–H groups in total. The van der Waals surface area contributed by atoms with Crippen LogP contribution in [0.3, 0.4) is 0 Å². The second-order valence-electron chi connectivity index (χ2n) is 6.46. The Kier molecular flexibility index (Phi) is 4.12. The van der Waals surface area contributed by atoms with E-state index in [-0.39, 0.29) is 28.8 Å². The van der Waals surface area contributed by atoms with Crippen LogP contribution in [-0.2, 0) is 20.2 Å². The van der Waals surface area contributed by atoms with Gasteiger partial charge >= 0.3 is 0 Å². The van der Waals surface area contributed by atoms with Gasteiger partial charge in [-0.2, -0.15) is 9.40 Å². The fourth-order valence-electron chi connectivity index (χ4n) is 1.96. The van der Waals surface area contributed by atoms with Crippen LogP contribution in [0.4, 0.5) is 0 Å². The van der Waals surface area contributed by atoms with E-state index in [2.05, 4.69) is 15.5 Å². The largest absolute Gasteiger partial charge is 0.352 e. The van der Waals surface area contributed by atoms with Gasteiger partial charge in [-0.3, -0.25) is 9.89 Å². The number of aromatic nitrogens is 2. The zero-order chi connectivity index (χ0) is 15.8. The molecule has 0 unspecified atom stereocenters. The van der Waals surface area contributed by atoms with Gasteiger partial charge < -0.3 is 5.32 Å². The minimum atomic E-state index is -3.74. The molecule has 1 heterocycles. The van der Waals surface area contributed by atoms with Gasteiger partial charge in [0, 0.05) is 18.5 Å². The van der Waals surface area contributed by atoms with Crippen LogP contribution in [0.15, 0.2) is 11.1 Å². The summed E-state index contributed by atoms with van der Waals surface area (Å²) in [6.45, 7) is 5.52. The van der Waals surface area contributed by atoms with Gasteiger partial charge in [0.25, 0.3) is 0 Å². The summed E-state index contributed by atoms with van der Waals surface area (Å²) in [7, 11) is -2.34. The van der Waals surface area contributed by atoms with E-state index >= 15 is 0 Å². The molecule has 21 heavy (non-hydrogen) atoms. The SMILES string of the molecule is CN(CC(=O)NC1CC1)S(=O)(=O)c1cn[nH]c1C(C)(C)C. The number of aromatic amines is 1. The fourth-order valence-corrected chi connectivity index (χ4v) is 3.38. The summed E-state index contributed by atoms with van der Waals surface area (Å²) in [5, 5.41) is 9.37. The molecule has 1 aliphatic carbocycles. The zero-order valence-corrected chi connectivity index (χ0v) is 13.6. The summed E-state index contributed by atoms with van der Waals surface area (Å²) < 4.78 is 26.2. The monoisotopic (exact) mass is 314 g/mol. The van der Waals surface area contributed by atoms with Crippen molar-refractivity contribution in [3.8, 4) is 0 Å². The van der Waals surface area contributed by atoms with Crippen LogP contribution in [0.5, 0.6) is 0 Å². The lowest BCUT2D eigenvalue weighted by Gasteiger charge is -2.21. The molecular weight excluding hydrogens is 292 g/mol. The molecule has 1 aromatic rings. The quantitative estimate of drug-likeness (QED) is 0.832. The number of rotatable bonds is 5. The van der Waals surface area contributed by atoms with E-state index in [9.17, 15) is 13.2 Å². The number of hydrogen-bond acceptors (Lipinski definition) is 4. The minimum Gasteiger partial charge on any atom is -0.352 e. The highest BCUT2D eigenvalue weighted by atomic mass is 32.2. The molecule has 0 radical (unpaired) electrons. The molecule has 0 spiro atoms. The van der Waals surface area contributed by atoms with Gasteiger partial charge in [0.2, 0.25) is 15.9 Å². The predicted octanol–water partition coefficient (Wildman–Crippen LogP) is 0.606. The standard InChI is InChI=1S/C13H22N4O3S/c1-13(2,3)12-10(7-14-16-12)21(19,20)17(4)8-11(18)15-9-5-6-9/h7,9H,5-6,8H2,1-4H3,(H,14,16)(H,15,18). The van der Waals surface area contributed by atoms with Crippen molar-refractivity contribution in [3.63, 3.8) is 0 Å². The summed E-state index contributed by atoms with van der Waals surface area (Å²) in [5.41, 5.74) is 0.160. The van der Waals surface area contributed by atoms with Crippen LogP contribution in [0.25, 0.3) is 0 Å². The highest BCUT2D eigenvalue weighted by molar-refractivity contribution is 7.89. The van der Waals surface area contributed by atoms with Gasteiger partial charge in [-0.1, -0.05) is 20.8 Å². The predicted molar refractivity (Wildman–Crippen MR) is 78.3 cm³/mol. The van der Waals surface area contributed by atoms with Crippen LogP contribution in [0.1, 0.15) is 39.3 Å². The molecule has 0 aliphatic heterocycles. The smallest absolute Gasteiger partial charge is 0.246 e. The van der Waals surface area contributed by atoms with E-state index in [4.69, 9.17) is 0 Å². The van der Waals surface area contributed by atoms with Crippen LogP contribution >= 0.6 is 0 Å². The first-order valence-electron chi connectivity index (χ1n) is 6.92. The summed E-state index contributed by atoms with van der Waals surface area (Å²) >= 11 is 0. The van der Waals surface area contributed by atoms with Crippen LogP contribution < -0.4 is 5.32 Å². The average Bonchev–Trinajstić information content (AvgIpc) is 2.99. The molecule has 1 fully saturated rings. The molecule has 8 heteroatoms. The maximum Gasteiger partial charge on any atom is 0.246 e. The Morgan fingerprint density at radius 1 is 1.48 bits per heavy atom. The molecule has 0 bridgehead atoms. The summed E-state index contributed by atoms with van der Waals surface area (Å²) in [4.78, 5) is 11.9. The van der Waals surface area contributed by atoms with Crippen molar-refractivity contribution >= 4 is 15.9 Å². The number of carbonyl (C=O) groups is 1. The highest BCUT2D eigenvalue weighted by Crippen LogP contribution is 2.28. The number of likely N-dealkylation sites (N-methyl/N-ethyl adjacent to an activating group) is 1. The number of nitrogens with zero attached hydrogens (tertiary/aromatic N) is 2. The van der Waals surface area contributed by atoms with E-state index in [0.29, 0.717) is 5.69 Å². The van der Waals surface area contributed by atoms with Crippen molar-refractivity contribution in [2.45, 2.75) is 50.0 Å². The maximum absolute atomic E-state index is 12.6. The molecule has 1 amide bonds. The first kappa shape index (κ1) is 16.0. The number of H-pyrrole nitrogens is 1. The number of nitrogens with one attached hydrogen (secondary N) is 2. The number of sulfonamides is 1. The molecular formula is C13H22N4O3S. The van der Waals surface area contributed by atoms with Gasteiger partial charge in [0.1, 0.15) is 4.90 Å². The molecule has 0 aromatic carbocycles. The van der Waals surface area contributed by atoms with E-state index in [1.807, 2.05) is 20.8 Å². The second kappa shape index (κ2) is 5.42. The third-order valence-electron chi connectivity index (χ3n) is 3.35. The van der Waals surface area contributed by atoms with E-state index in [0.717, 1.165) is 17.1 Å². The molecule has 2 rings (SSSR count). The van der Waals surface area contributed by atoms with Crippen molar-refractivity contribution in [1.29, 1.82) is 0 Å². The molecule has 7 nitrogen and oxygen atoms in total. The van der Waals surface area contributed by atoms with Gasteiger partial charge in [-0.25, -0.2) is 8.42 Å². The first-order valence-corrected chi connectivity index (χ1v) is 8.36. The Morgan fingerprint density at radius 2 is 2.10 bits per heavy atom. The number of carbonyl (C=O) groups excluding carboxylic acids is 1. The van der Waals surface area contributed by atoms with E-state index < -0.39 is 10.0 Å². The fraction of sp³-hybridized carbons (Fsp3) is 0.692. The maximum atomic E-state index is 12.6. The Balaban J connectivity index is 2.17. The second-order valence-corrected chi connectivity index (χ2v) is 8.48. The number of amides is 1. The highest BCUT2D eigenvalue weighted by Gasteiger charge is 2.32. The Morgan fingerprint density at radius 3 is 2.62 bits per heavy atom. The first-order chi connectivity index (χ1) is 9.62.